The Hall–Kier alpha value is -1.14. The number of hydrogen-bond donors (Lipinski definition) is 2. The second-order valence-electron chi connectivity index (χ2n) is 7.48. The first-order valence-electron chi connectivity index (χ1n) is 9.12. The van der Waals surface area contributed by atoms with Gasteiger partial charge in [0.05, 0.1) is 0 Å². The number of likely N-dealkylation sites (tertiary alicyclic amines) is 1. The molecular weight excluding hydrogens is 306 g/mol. The summed E-state index contributed by atoms with van der Waals surface area (Å²) in [4.78, 5) is 26.1. The molecule has 0 spiro atoms. The Morgan fingerprint density at radius 2 is 1.88 bits per heavy atom. The number of carbonyl (C=O) groups is 2. The molecule has 1 unspecified atom stereocenters. The predicted molar refractivity (Wildman–Crippen MR) is 95.8 cm³/mol. The zero-order valence-electron chi connectivity index (χ0n) is 15.8. The number of piperidine rings is 1. The van der Waals surface area contributed by atoms with Gasteiger partial charge in [-0.25, -0.2) is 0 Å². The maximum atomic E-state index is 12.0. The molecule has 0 bridgehead atoms. The Morgan fingerprint density at radius 3 is 2.50 bits per heavy atom. The third-order valence-electron chi connectivity index (χ3n) is 4.66. The number of nitrogens with one attached hydrogen (secondary N) is 2. The molecule has 1 atom stereocenters. The Morgan fingerprint density at radius 1 is 1.21 bits per heavy atom. The second kappa shape index (κ2) is 10.7. The average molecular weight is 341 g/mol. The predicted octanol–water partition coefficient (Wildman–Crippen LogP) is 1.55. The van der Waals surface area contributed by atoms with Crippen LogP contribution in [-0.4, -0.2) is 62.1 Å². The van der Waals surface area contributed by atoms with Gasteiger partial charge in [0.25, 0.3) is 0 Å². The van der Waals surface area contributed by atoms with Crippen molar-refractivity contribution in [1.82, 2.24) is 15.5 Å². The molecule has 1 aliphatic rings. The van der Waals surface area contributed by atoms with Crippen molar-refractivity contribution in [3.63, 3.8) is 0 Å². The summed E-state index contributed by atoms with van der Waals surface area (Å²) in [5.74, 6) is 0.584. The van der Waals surface area contributed by atoms with Gasteiger partial charge in [-0.2, -0.15) is 0 Å². The molecule has 6 nitrogen and oxygen atoms in total. The van der Waals surface area contributed by atoms with Gasteiger partial charge in [-0.1, -0.05) is 6.92 Å². The van der Waals surface area contributed by atoms with Gasteiger partial charge in [0.15, 0.2) is 0 Å². The van der Waals surface area contributed by atoms with E-state index in [-0.39, 0.29) is 30.2 Å². The van der Waals surface area contributed by atoms with Gasteiger partial charge in [0.1, 0.15) is 0 Å². The van der Waals surface area contributed by atoms with Gasteiger partial charge in [-0.3, -0.25) is 14.5 Å². The van der Waals surface area contributed by atoms with Gasteiger partial charge in [0.2, 0.25) is 11.8 Å². The highest BCUT2D eigenvalue weighted by atomic mass is 16.5. The van der Waals surface area contributed by atoms with E-state index in [1.165, 1.54) is 12.8 Å². The molecule has 0 aromatic rings. The summed E-state index contributed by atoms with van der Waals surface area (Å²) in [6, 6.07) is 0. The van der Waals surface area contributed by atoms with E-state index in [4.69, 9.17) is 4.74 Å². The fourth-order valence-corrected chi connectivity index (χ4v) is 3.01. The fourth-order valence-electron chi connectivity index (χ4n) is 3.01. The Labute approximate surface area is 146 Å². The standard InChI is InChI=1S/C18H35N3O3/c1-15-7-5-11-21(13-15)18(2,3)14-20-17(23)9-8-16(22)19-10-6-12-24-4/h15H,5-14H2,1-4H3,(H,19,22)(H,20,23). The first-order chi connectivity index (χ1) is 11.3. The number of amides is 2. The zero-order valence-corrected chi connectivity index (χ0v) is 15.8. The highest BCUT2D eigenvalue weighted by Gasteiger charge is 2.30. The van der Waals surface area contributed by atoms with Gasteiger partial charge < -0.3 is 15.4 Å². The van der Waals surface area contributed by atoms with Gasteiger partial charge in [0, 0.05) is 51.7 Å². The largest absolute Gasteiger partial charge is 0.385 e. The van der Waals surface area contributed by atoms with Gasteiger partial charge >= 0.3 is 0 Å². The van der Waals surface area contributed by atoms with Crippen LogP contribution in [0.5, 0.6) is 0 Å². The van der Waals surface area contributed by atoms with Crippen LogP contribution in [0.1, 0.15) is 52.9 Å². The minimum Gasteiger partial charge on any atom is -0.385 e. The summed E-state index contributed by atoms with van der Waals surface area (Å²) in [6.07, 6.45) is 3.78. The molecule has 0 aliphatic carbocycles. The van der Waals surface area contributed by atoms with Crippen LogP contribution >= 0.6 is 0 Å². The Kier molecular flexibility index (Phi) is 9.29. The zero-order chi connectivity index (χ0) is 18.0. The molecule has 1 fully saturated rings. The highest BCUT2D eigenvalue weighted by Crippen LogP contribution is 2.23. The molecule has 140 valence electrons. The molecule has 24 heavy (non-hydrogen) atoms. The van der Waals surface area contributed by atoms with Crippen LogP contribution in [0.3, 0.4) is 0 Å². The number of hydrogen-bond acceptors (Lipinski definition) is 4. The third-order valence-corrected chi connectivity index (χ3v) is 4.66. The van der Waals surface area contributed by atoms with Crippen molar-refractivity contribution in [3.8, 4) is 0 Å². The number of carbonyl (C=O) groups excluding carboxylic acids is 2. The first-order valence-corrected chi connectivity index (χ1v) is 9.12. The van der Waals surface area contributed by atoms with Crippen LogP contribution in [0, 0.1) is 5.92 Å². The number of nitrogens with zero attached hydrogens (tertiary/aromatic N) is 1. The molecule has 2 N–H and O–H groups in total. The van der Waals surface area contributed by atoms with E-state index in [0.717, 1.165) is 25.4 Å². The lowest BCUT2D eigenvalue weighted by Crippen LogP contribution is -2.54. The number of methoxy groups -OCH3 is 1. The Bertz CT molecular complexity index is 399. The summed E-state index contributed by atoms with van der Waals surface area (Å²) < 4.78 is 4.92. The van der Waals surface area contributed by atoms with Crippen molar-refractivity contribution >= 4 is 11.8 Å². The van der Waals surface area contributed by atoms with E-state index in [9.17, 15) is 9.59 Å². The van der Waals surface area contributed by atoms with Crippen LogP contribution in [-0.2, 0) is 14.3 Å². The minimum atomic E-state index is -0.0784. The van der Waals surface area contributed by atoms with Gasteiger partial charge in [-0.15, -0.1) is 0 Å². The monoisotopic (exact) mass is 341 g/mol. The number of ether oxygens (including phenoxy) is 1. The van der Waals surface area contributed by atoms with Crippen molar-refractivity contribution in [3.05, 3.63) is 0 Å². The molecule has 0 radical (unpaired) electrons. The fraction of sp³-hybridized carbons (Fsp3) is 0.889. The molecule has 1 aliphatic heterocycles. The Balaban J connectivity index is 2.21. The van der Waals surface area contributed by atoms with E-state index < -0.39 is 0 Å². The van der Waals surface area contributed by atoms with Crippen molar-refractivity contribution < 1.29 is 14.3 Å². The second-order valence-corrected chi connectivity index (χ2v) is 7.48. The SMILES string of the molecule is COCCCNC(=O)CCC(=O)NCC(C)(C)N1CCCC(C)C1. The first kappa shape index (κ1) is 20.9. The maximum absolute atomic E-state index is 12.0. The molecular formula is C18H35N3O3. The minimum absolute atomic E-state index is 0.0489. The number of rotatable bonds is 10. The quantitative estimate of drug-likeness (QED) is 0.592. The van der Waals surface area contributed by atoms with Crippen LogP contribution in [0.2, 0.25) is 0 Å². The van der Waals surface area contributed by atoms with Crippen LogP contribution in [0.15, 0.2) is 0 Å². The van der Waals surface area contributed by atoms with Crippen LogP contribution in [0.4, 0.5) is 0 Å². The summed E-state index contributed by atoms with van der Waals surface area (Å²) in [5.41, 5.74) is -0.0489. The van der Waals surface area contributed by atoms with E-state index in [0.29, 0.717) is 19.7 Å². The van der Waals surface area contributed by atoms with Crippen molar-refractivity contribution in [1.29, 1.82) is 0 Å². The van der Waals surface area contributed by atoms with E-state index in [1.807, 2.05) is 0 Å². The summed E-state index contributed by atoms with van der Waals surface area (Å²) in [7, 11) is 1.64. The lowest BCUT2D eigenvalue weighted by Gasteiger charge is -2.43. The maximum Gasteiger partial charge on any atom is 0.220 e. The van der Waals surface area contributed by atoms with E-state index >= 15 is 0 Å². The molecule has 1 heterocycles. The highest BCUT2D eigenvalue weighted by molar-refractivity contribution is 5.83. The normalized spacial score (nSPS) is 19.1. The molecule has 0 saturated carbocycles. The lowest BCUT2D eigenvalue weighted by molar-refractivity contribution is -0.126. The molecule has 0 aromatic carbocycles. The average Bonchev–Trinajstić information content (AvgIpc) is 2.55. The van der Waals surface area contributed by atoms with Crippen LogP contribution in [0.25, 0.3) is 0 Å². The van der Waals surface area contributed by atoms with Crippen molar-refractivity contribution in [2.75, 3.05) is 39.9 Å². The molecule has 1 rings (SSSR count). The van der Waals surface area contributed by atoms with E-state index in [1.54, 1.807) is 7.11 Å². The third kappa shape index (κ3) is 8.11. The molecule has 1 saturated heterocycles. The topological polar surface area (TPSA) is 70.7 Å². The summed E-state index contributed by atoms with van der Waals surface area (Å²) in [5, 5.41) is 5.78. The van der Waals surface area contributed by atoms with Crippen molar-refractivity contribution in [2.45, 2.75) is 58.4 Å². The summed E-state index contributed by atoms with van der Waals surface area (Å²) in [6.45, 7) is 10.7. The molecule has 6 heteroatoms. The smallest absolute Gasteiger partial charge is 0.220 e. The molecule has 0 aromatic heterocycles. The molecule has 2 amide bonds. The van der Waals surface area contributed by atoms with Gasteiger partial charge in [-0.05, 0) is 45.6 Å². The van der Waals surface area contributed by atoms with Crippen LogP contribution < -0.4 is 10.6 Å². The van der Waals surface area contributed by atoms with Crippen molar-refractivity contribution in [2.24, 2.45) is 5.92 Å². The summed E-state index contributed by atoms with van der Waals surface area (Å²) >= 11 is 0. The van der Waals surface area contributed by atoms with E-state index in [2.05, 4.69) is 36.3 Å². The lowest BCUT2D eigenvalue weighted by atomic mass is 9.93.